The maximum absolute atomic E-state index is 7.01. The second-order valence-electron chi connectivity index (χ2n) is 21.1. The van der Waals surface area contributed by atoms with Crippen molar-refractivity contribution in [3.05, 3.63) is 326 Å². The van der Waals surface area contributed by atoms with E-state index >= 15 is 0 Å². The fraction of sp³-hybridized carbons (Fsp3) is 0.0130. The van der Waals surface area contributed by atoms with Crippen LogP contribution in [0.15, 0.2) is 308 Å². The minimum atomic E-state index is -0.562. The molecule has 0 amide bonds. The number of fused-ring (bicyclic) bond motifs is 11. The van der Waals surface area contributed by atoms with Gasteiger partial charge in [0.2, 0.25) is 0 Å². The van der Waals surface area contributed by atoms with Gasteiger partial charge in [-0.25, -0.2) is 0 Å². The first-order valence-corrected chi connectivity index (χ1v) is 27.6. The highest BCUT2D eigenvalue weighted by atomic mass is 16.3. The Hall–Kier alpha value is -10.5. The number of hydrogen-bond acceptors (Lipinski definition) is 2. The number of anilines is 3. The van der Waals surface area contributed by atoms with Crippen LogP contribution < -0.4 is 4.90 Å². The first kappa shape index (κ1) is 45.7. The van der Waals surface area contributed by atoms with Gasteiger partial charge < -0.3 is 13.9 Å². The van der Waals surface area contributed by atoms with Crippen molar-refractivity contribution in [3.8, 4) is 50.2 Å². The topological polar surface area (TPSA) is 21.3 Å². The molecule has 15 aromatic rings. The summed E-state index contributed by atoms with van der Waals surface area (Å²) in [4.78, 5) is 2.42. The number of nitrogens with zero attached hydrogens (tertiary/aromatic N) is 2. The molecule has 1 aliphatic rings. The van der Waals surface area contributed by atoms with Crippen molar-refractivity contribution in [1.82, 2.24) is 4.57 Å². The van der Waals surface area contributed by atoms with Crippen LogP contribution in [0.25, 0.3) is 105 Å². The van der Waals surface area contributed by atoms with Gasteiger partial charge >= 0.3 is 0 Å². The molecular formula is C77H50N2O. The molecule has 80 heavy (non-hydrogen) atoms. The van der Waals surface area contributed by atoms with Crippen molar-refractivity contribution >= 4 is 71.6 Å². The molecule has 2 heterocycles. The lowest BCUT2D eigenvalue weighted by Gasteiger charge is -2.35. The summed E-state index contributed by atoms with van der Waals surface area (Å²) < 4.78 is 9.38. The van der Waals surface area contributed by atoms with E-state index in [-0.39, 0.29) is 0 Å². The Morgan fingerprint density at radius 1 is 0.325 bits per heavy atom. The Morgan fingerprint density at radius 2 is 0.825 bits per heavy atom. The van der Waals surface area contributed by atoms with Gasteiger partial charge in [0.15, 0.2) is 5.58 Å². The monoisotopic (exact) mass is 1020 g/mol. The second kappa shape index (κ2) is 18.3. The maximum Gasteiger partial charge on any atom is 0.160 e. The third-order valence-electron chi connectivity index (χ3n) is 16.9. The van der Waals surface area contributed by atoms with E-state index < -0.39 is 5.41 Å². The molecule has 3 heteroatoms. The average Bonchev–Trinajstić information content (AvgIpc) is 4.34. The fourth-order valence-electron chi connectivity index (χ4n) is 13.2. The van der Waals surface area contributed by atoms with Gasteiger partial charge in [0.05, 0.1) is 22.1 Å². The van der Waals surface area contributed by atoms with Crippen LogP contribution in [0.5, 0.6) is 0 Å². The highest BCUT2D eigenvalue weighted by Gasteiger charge is 2.46. The zero-order valence-corrected chi connectivity index (χ0v) is 43.7. The first-order valence-electron chi connectivity index (χ1n) is 27.6. The molecular weight excluding hydrogens is 969 g/mol. The molecule has 3 nitrogen and oxygen atoms in total. The molecule has 0 saturated carbocycles. The highest BCUT2D eigenvalue weighted by Crippen LogP contribution is 2.58. The van der Waals surface area contributed by atoms with E-state index in [1.165, 1.54) is 88.5 Å². The van der Waals surface area contributed by atoms with Crippen molar-refractivity contribution in [2.24, 2.45) is 0 Å². The van der Waals surface area contributed by atoms with E-state index in [0.717, 1.165) is 55.5 Å². The molecule has 0 unspecified atom stereocenters. The van der Waals surface area contributed by atoms with Crippen LogP contribution in [0.1, 0.15) is 22.3 Å². The van der Waals surface area contributed by atoms with Crippen LogP contribution in [0.4, 0.5) is 17.1 Å². The molecule has 0 spiro atoms. The summed E-state index contributed by atoms with van der Waals surface area (Å²) in [7, 11) is 0. The molecule has 2 aromatic heterocycles. The van der Waals surface area contributed by atoms with E-state index in [1.807, 2.05) is 0 Å². The molecule has 0 saturated heterocycles. The number of furan rings is 1. The van der Waals surface area contributed by atoms with Crippen LogP contribution in [-0.4, -0.2) is 4.57 Å². The SMILES string of the molecule is c1ccc(-n2c3ccccc3c3cc(-c4ccc(-c5ccc(-c6ccc(N(c7ccc8c(c7)C(c7ccccc7)(c7ccccc7)c7ccccc7-8)c7cc8ccccc8c8c7oc7ccccc78)cc6)cc5)cc4)ccc32)cc1. The molecule has 374 valence electrons. The largest absolute Gasteiger partial charge is 0.454 e. The fourth-order valence-corrected chi connectivity index (χ4v) is 13.2. The van der Waals surface area contributed by atoms with Crippen molar-refractivity contribution in [2.75, 3.05) is 4.90 Å². The lowest BCUT2D eigenvalue weighted by atomic mass is 9.67. The van der Waals surface area contributed by atoms with Crippen LogP contribution in [0.2, 0.25) is 0 Å². The second-order valence-corrected chi connectivity index (χ2v) is 21.1. The van der Waals surface area contributed by atoms with Gasteiger partial charge in [0.25, 0.3) is 0 Å². The van der Waals surface area contributed by atoms with E-state index in [1.54, 1.807) is 0 Å². The highest BCUT2D eigenvalue weighted by molar-refractivity contribution is 6.23. The summed E-state index contributed by atoms with van der Waals surface area (Å²) >= 11 is 0. The summed E-state index contributed by atoms with van der Waals surface area (Å²) in [6.45, 7) is 0. The van der Waals surface area contributed by atoms with Gasteiger partial charge in [0, 0.05) is 38.6 Å². The van der Waals surface area contributed by atoms with Crippen LogP contribution in [-0.2, 0) is 5.41 Å². The number of benzene rings is 13. The third-order valence-corrected chi connectivity index (χ3v) is 16.9. The molecule has 1 aliphatic carbocycles. The minimum absolute atomic E-state index is 0.562. The molecule has 0 N–H and O–H groups in total. The maximum atomic E-state index is 7.01. The quantitative estimate of drug-likeness (QED) is 0.144. The summed E-state index contributed by atoms with van der Waals surface area (Å²) in [5, 5.41) is 7.05. The Bertz CT molecular complexity index is 4800. The van der Waals surface area contributed by atoms with Gasteiger partial charge in [-0.1, -0.05) is 237 Å². The van der Waals surface area contributed by atoms with Crippen LogP contribution in [0, 0.1) is 0 Å². The van der Waals surface area contributed by atoms with Gasteiger partial charge in [-0.15, -0.1) is 0 Å². The van der Waals surface area contributed by atoms with Crippen molar-refractivity contribution < 1.29 is 4.42 Å². The standard InChI is InChI=1S/C77H50N2O/c1-4-19-58(20-5-1)77(59-21-6-2-7-22-59)69-29-15-12-26-64(69)65-46-45-62(50-70(65)77)78(73-49-57-18-10-11-25-63(57)75-67-28-14-17-31-74(67)80-76(73)75)61-43-40-54(41-44-61)53-34-32-51(33-35-53)52-36-38-55(39-37-52)56-42-47-72-68(48-56)66-27-13-16-30-71(66)79(72)60-23-8-3-9-24-60/h1-50H. The molecule has 0 radical (unpaired) electrons. The average molecular weight is 1020 g/mol. The Labute approximate surface area is 464 Å². The van der Waals surface area contributed by atoms with Gasteiger partial charge in [-0.05, 0) is 144 Å². The molecule has 0 bridgehead atoms. The normalized spacial score (nSPS) is 12.6. The van der Waals surface area contributed by atoms with E-state index in [4.69, 9.17) is 4.42 Å². The smallest absolute Gasteiger partial charge is 0.160 e. The predicted octanol–water partition coefficient (Wildman–Crippen LogP) is 20.7. The number of para-hydroxylation sites is 3. The number of rotatable bonds is 9. The Kier molecular flexibility index (Phi) is 10.5. The third kappa shape index (κ3) is 7.07. The van der Waals surface area contributed by atoms with E-state index in [2.05, 4.69) is 313 Å². The lowest BCUT2D eigenvalue weighted by molar-refractivity contribution is 0.669. The summed E-state index contributed by atoms with van der Waals surface area (Å²) in [6.07, 6.45) is 0. The number of aromatic nitrogens is 1. The predicted molar refractivity (Wildman–Crippen MR) is 334 cm³/mol. The zero-order valence-electron chi connectivity index (χ0n) is 43.7. The van der Waals surface area contributed by atoms with Crippen molar-refractivity contribution in [3.63, 3.8) is 0 Å². The Morgan fingerprint density at radius 3 is 1.51 bits per heavy atom. The van der Waals surface area contributed by atoms with E-state index in [0.29, 0.717) is 0 Å². The first-order chi connectivity index (χ1) is 39.7. The lowest BCUT2D eigenvalue weighted by Crippen LogP contribution is -2.28. The number of hydrogen-bond donors (Lipinski definition) is 0. The summed E-state index contributed by atoms with van der Waals surface area (Å²) in [6, 6.07) is 111. The van der Waals surface area contributed by atoms with Crippen molar-refractivity contribution in [2.45, 2.75) is 5.41 Å². The van der Waals surface area contributed by atoms with Gasteiger partial charge in [-0.3, -0.25) is 0 Å². The van der Waals surface area contributed by atoms with Gasteiger partial charge in [0.1, 0.15) is 5.58 Å². The Balaban J connectivity index is 0.784. The van der Waals surface area contributed by atoms with Crippen LogP contribution in [0.3, 0.4) is 0 Å². The molecule has 0 fully saturated rings. The molecule has 0 aliphatic heterocycles. The molecule has 16 rings (SSSR count). The zero-order chi connectivity index (χ0) is 52.7. The van der Waals surface area contributed by atoms with Crippen molar-refractivity contribution in [1.29, 1.82) is 0 Å². The summed E-state index contributed by atoms with van der Waals surface area (Å²) in [5.41, 5.74) is 22.3. The van der Waals surface area contributed by atoms with Gasteiger partial charge in [-0.2, -0.15) is 0 Å². The summed E-state index contributed by atoms with van der Waals surface area (Å²) in [5.74, 6) is 0. The minimum Gasteiger partial charge on any atom is -0.454 e. The molecule has 13 aromatic carbocycles. The van der Waals surface area contributed by atoms with E-state index in [9.17, 15) is 0 Å². The molecule has 0 atom stereocenters. The van der Waals surface area contributed by atoms with Crippen LogP contribution >= 0.6 is 0 Å².